The van der Waals surface area contributed by atoms with Crippen molar-refractivity contribution in [3.63, 3.8) is 0 Å². The summed E-state index contributed by atoms with van der Waals surface area (Å²) in [7, 11) is 0. The van der Waals surface area contributed by atoms with E-state index in [2.05, 4.69) is 15.0 Å². The van der Waals surface area contributed by atoms with Gasteiger partial charge in [-0.2, -0.15) is 0 Å². The van der Waals surface area contributed by atoms with Crippen LogP contribution in [0.1, 0.15) is 6.92 Å². The number of hydrogen-bond donors (Lipinski definition) is 1. The molecule has 0 saturated heterocycles. The van der Waals surface area contributed by atoms with Gasteiger partial charge in [0.2, 0.25) is 0 Å². The Morgan fingerprint density at radius 3 is 3.07 bits per heavy atom. The topological polar surface area (TPSA) is 51.2 Å². The van der Waals surface area contributed by atoms with E-state index in [9.17, 15) is 9.18 Å². The van der Waals surface area contributed by atoms with Crippen molar-refractivity contribution >= 4 is 23.4 Å². The summed E-state index contributed by atoms with van der Waals surface area (Å²) in [4.78, 5) is 14.6. The molecule has 0 aliphatic rings. The zero-order valence-electron chi connectivity index (χ0n) is 8.09. The van der Waals surface area contributed by atoms with Gasteiger partial charge in [0.25, 0.3) is 0 Å². The lowest BCUT2D eigenvalue weighted by Gasteiger charge is -2.05. The van der Waals surface area contributed by atoms with E-state index in [4.69, 9.17) is 11.6 Å². The monoisotopic (exact) mass is 232 g/mol. The van der Waals surface area contributed by atoms with E-state index in [1.807, 2.05) is 0 Å². The fraction of sp³-hybridized carbons (Fsp3) is 0.333. The zero-order valence-corrected chi connectivity index (χ0v) is 8.84. The van der Waals surface area contributed by atoms with Crippen molar-refractivity contribution in [1.82, 2.24) is 4.98 Å². The van der Waals surface area contributed by atoms with Gasteiger partial charge in [0.05, 0.1) is 11.6 Å². The maximum absolute atomic E-state index is 13.1. The summed E-state index contributed by atoms with van der Waals surface area (Å²) < 4.78 is 17.8. The lowest BCUT2D eigenvalue weighted by molar-refractivity contribution is -0.140. The van der Waals surface area contributed by atoms with Crippen molar-refractivity contribution in [3.8, 4) is 0 Å². The Kier molecular flexibility index (Phi) is 4.30. The first-order valence-electron chi connectivity index (χ1n) is 4.34. The predicted molar refractivity (Wildman–Crippen MR) is 54.3 cm³/mol. The Bertz CT molecular complexity index is 360. The normalized spacial score (nSPS) is 9.80. The van der Waals surface area contributed by atoms with Crippen LogP contribution in [-0.2, 0) is 9.53 Å². The first-order valence-corrected chi connectivity index (χ1v) is 4.71. The molecule has 1 rings (SSSR count). The average Bonchev–Trinajstić information content (AvgIpc) is 2.17. The molecule has 0 fully saturated rings. The summed E-state index contributed by atoms with van der Waals surface area (Å²) in [6.45, 7) is 1.86. The van der Waals surface area contributed by atoms with E-state index in [0.29, 0.717) is 0 Å². The van der Waals surface area contributed by atoms with E-state index in [1.54, 1.807) is 6.92 Å². The molecule has 1 heterocycles. The number of nitrogens with one attached hydrogen (secondary N) is 1. The molecule has 6 heteroatoms. The lowest BCUT2D eigenvalue weighted by atomic mass is 10.4. The van der Waals surface area contributed by atoms with Crippen LogP contribution in [0.4, 0.5) is 10.2 Å². The minimum absolute atomic E-state index is 0.0209. The van der Waals surface area contributed by atoms with Crippen LogP contribution in [0.15, 0.2) is 12.3 Å². The maximum Gasteiger partial charge on any atom is 0.325 e. The number of nitrogens with zero attached hydrogens (tertiary/aromatic N) is 1. The largest absolute Gasteiger partial charge is 0.465 e. The molecule has 15 heavy (non-hydrogen) atoms. The summed E-state index contributed by atoms with van der Waals surface area (Å²) in [5.41, 5.74) is 0. The van der Waals surface area contributed by atoms with Gasteiger partial charge in [0.15, 0.2) is 11.6 Å². The number of anilines is 1. The average molecular weight is 233 g/mol. The van der Waals surface area contributed by atoms with Gasteiger partial charge in [-0.05, 0) is 13.0 Å². The summed E-state index contributed by atoms with van der Waals surface area (Å²) in [5.74, 6) is -1.09. The van der Waals surface area contributed by atoms with Gasteiger partial charge >= 0.3 is 5.97 Å². The highest BCUT2D eigenvalue weighted by molar-refractivity contribution is 6.30. The minimum atomic E-state index is -0.605. The van der Waals surface area contributed by atoms with Crippen molar-refractivity contribution in [2.45, 2.75) is 6.92 Å². The number of esters is 1. The number of pyridine rings is 1. The SMILES string of the molecule is CCOC(=O)CNc1ncc(Cl)cc1F. The first kappa shape index (κ1) is 11.7. The quantitative estimate of drug-likeness (QED) is 0.805. The molecule has 0 aliphatic carbocycles. The molecule has 0 atom stereocenters. The highest BCUT2D eigenvalue weighted by Gasteiger charge is 2.06. The molecule has 0 bridgehead atoms. The summed E-state index contributed by atoms with van der Waals surface area (Å²) in [6.07, 6.45) is 1.29. The second kappa shape index (κ2) is 5.50. The van der Waals surface area contributed by atoms with Gasteiger partial charge in [-0.25, -0.2) is 9.37 Å². The molecule has 82 valence electrons. The second-order valence-corrected chi connectivity index (χ2v) is 3.08. The molecule has 1 aromatic rings. The van der Waals surface area contributed by atoms with Crippen LogP contribution in [-0.4, -0.2) is 24.1 Å². The lowest BCUT2D eigenvalue weighted by Crippen LogP contribution is -2.17. The van der Waals surface area contributed by atoms with E-state index in [-0.39, 0.29) is 24.0 Å². The minimum Gasteiger partial charge on any atom is -0.465 e. The van der Waals surface area contributed by atoms with E-state index in [0.717, 1.165) is 6.07 Å². The molecular formula is C9H10ClFN2O2. The number of rotatable bonds is 4. The molecule has 1 aromatic heterocycles. The molecule has 0 unspecified atom stereocenters. The Labute approximate surface area is 91.4 Å². The van der Waals surface area contributed by atoms with Crippen LogP contribution in [0.5, 0.6) is 0 Å². The predicted octanol–water partition coefficient (Wildman–Crippen LogP) is 1.85. The molecule has 4 nitrogen and oxygen atoms in total. The number of carbonyl (C=O) groups is 1. The summed E-state index contributed by atoms with van der Waals surface area (Å²) >= 11 is 5.51. The molecule has 0 spiro atoms. The molecule has 0 aliphatic heterocycles. The second-order valence-electron chi connectivity index (χ2n) is 2.64. The highest BCUT2D eigenvalue weighted by Crippen LogP contribution is 2.14. The van der Waals surface area contributed by atoms with Gasteiger partial charge in [-0.15, -0.1) is 0 Å². The van der Waals surface area contributed by atoms with Crippen LogP contribution in [0.3, 0.4) is 0 Å². The van der Waals surface area contributed by atoms with Crippen LogP contribution >= 0.6 is 11.6 Å². The molecular weight excluding hydrogens is 223 g/mol. The van der Waals surface area contributed by atoms with E-state index < -0.39 is 11.8 Å². The Morgan fingerprint density at radius 1 is 1.73 bits per heavy atom. The van der Waals surface area contributed by atoms with Gasteiger partial charge in [-0.1, -0.05) is 11.6 Å². The fourth-order valence-corrected chi connectivity index (χ4v) is 1.06. The Balaban J connectivity index is 2.54. The van der Waals surface area contributed by atoms with E-state index in [1.165, 1.54) is 6.20 Å². The number of hydrogen-bond acceptors (Lipinski definition) is 4. The number of aromatic nitrogens is 1. The molecule has 0 radical (unpaired) electrons. The van der Waals surface area contributed by atoms with E-state index >= 15 is 0 Å². The molecule has 0 aromatic carbocycles. The summed E-state index contributed by atoms with van der Waals surface area (Å²) in [5, 5.41) is 2.71. The third-order valence-corrected chi connectivity index (χ3v) is 1.72. The third kappa shape index (κ3) is 3.71. The van der Waals surface area contributed by atoms with Crippen molar-refractivity contribution in [3.05, 3.63) is 23.1 Å². The van der Waals surface area contributed by atoms with Crippen molar-refractivity contribution < 1.29 is 13.9 Å². The third-order valence-electron chi connectivity index (χ3n) is 1.51. The van der Waals surface area contributed by atoms with Crippen LogP contribution in [0, 0.1) is 5.82 Å². The van der Waals surface area contributed by atoms with Gasteiger partial charge in [-0.3, -0.25) is 4.79 Å². The van der Waals surface area contributed by atoms with Crippen molar-refractivity contribution in [1.29, 1.82) is 0 Å². The zero-order chi connectivity index (χ0) is 11.3. The Hall–Kier alpha value is -1.36. The molecule has 0 saturated carbocycles. The fourth-order valence-electron chi connectivity index (χ4n) is 0.913. The summed E-state index contributed by atoms with van der Waals surface area (Å²) in [6, 6.07) is 1.11. The van der Waals surface area contributed by atoms with Gasteiger partial charge in [0, 0.05) is 6.20 Å². The van der Waals surface area contributed by atoms with Gasteiger partial charge < -0.3 is 10.1 Å². The smallest absolute Gasteiger partial charge is 0.325 e. The van der Waals surface area contributed by atoms with Crippen LogP contribution in [0.2, 0.25) is 5.02 Å². The highest BCUT2D eigenvalue weighted by atomic mass is 35.5. The number of carbonyl (C=O) groups excluding carboxylic acids is 1. The van der Waals surface area contributed by atoms with Crippen LogP contribution in [0.25, 0.3) is 0 Å². The molecule has 0 amide bonds. The number of ether oxygens (including phenoxy) is 1. The van der Waals surface area contributed by atoms with Crippen molar-refractivity contribution in [2.75, 3.05) is 18.5 Å². The first-order chi connectivity index (χ1) is 7.13. The van der Waals surface area contributed by atoms with Crippen LogP contribution < -0.4 is 5.32 Å². The number of halogens is 2. The Morgan fingerprint density at radius 2 is 2.47 bits per heavy atom. The van der Waals surface area contributed by atoms with Gasteiger partial charge in [0.1, 0.15) is 6.54 Å². The molecule has 1 N–H and O–H groups in total. The standard InChI is InChI=1S/C9H10ClFN2O2/c1-2-15-8(14)5-13-9-7(11)3-6(10)4-12-9/h3-4H,2,5H2,1H3,(H,12,13). The maximum atomic E-state index is 13.1. The van der Waals surface area contributed by atoms with Crippen molar-refractivity contribution in [2.24, 2.45) is 0 Å².